The molecule has 0 heterocycles. The summed E-state index contributed by atoms with van der Waals surface area (Å²) in [6.07, 6.45) is 0.740. The van der Waals surface area contributed by atoms with E-state index in [1.54, 1.807) is 12.1 Å². The van der Waals surface area contributed by atoms with Crippen LogP contribution in [0.5, 0.6) is 0 Å². The van der Waals surface area contributed by atoms with E-state index in [1.165, 1.54) is 7.11 Å². The lowest BCUT2D eigenvalue weighted by atomic mass is 10.1. The van der Waals surface area contributed by atoms with E-state index in [2.05, 4.69) is 26.2 Å². The third-order valence-corrected chi connectivity index (χ3v) is 4.81. The van der Waals surface area contributed by atoms with Gasteiger partial charge < -0.3 is 14.5 Å². The molecule has 0 aliphatic rings. The highest BCUT2D eigenvalue weighted by Crippen LogP contribution is 2.23. The van der Waals surface area contributed by atoms with E-state index < -0.39 is 5.97 Å². The number of carbonyl (C=O) groups is 2. The minimum atomic E-state index is -0.444. The topological polar surface area (TPSA) is 55.4 Å². The summed E-state index contributed by atoms with van der Waals surface area (Å²) < 4.78 is 5.48. The number of carbonyl (C=O) groups excluding carboxylic acids is 2. The summed E-state index contributed by atoms with van der Waals surface area (Å²) in [4.78, 5) is 24.8. The number of hydrogen-bond acceptors (Lipinski definition) is 3. The van der Waals surface area contributed by atoms with Crippen LogP contribution >= 0.6 is 0 Å². The zero-order valence-electron chi connectivity index (χ0n) is 15.1. The molecule has 1 aromatic rings. The Bertz CT molecular complexity index is 565. The van der Waals surface area contributed by atoms with Crippen LogP contribution in [0.15, 0.2) is 18.2 Å². The molecular formula is C18H29N2O3+. The van der Waals surface area contributed by atoms with Gasteiger partial charge in [-0.25, -0.2) is 4.79 Å². The number of nitrogens with one attached hydrogen (secondary N) is 1. The first kappa shape index (κ1) is 19.2. The number of rotatable bonds is 7. The molecule has 0 spiro atoms. The second-order valence-electron chi connectivity index (χ2n) is 6.01. The molecule has 0 radical (unpaired) electrons. The molecule has 0 aliphatic carbocycles. The minimum Gasteiger partial charge on any atom is -0.465 e. The van der Waals surface area contributed by atoms with E-state index in [1.807, 2.05) is 19.9 Å². The molecule has 1 amide bonds. The van der Waals surface area contributed by atoms with Gasteiger partial charge in [-0.05, 0) is 32.4 Å². The first-order valence-corrected chi connectivity index (χ1v) is 8.17. The average molecular weight is 321 g/mol. The first-order valence-electron chi connectivity index (χ1n) is 8.17. The number of para-hydroxylation sites is 1. The van der Waals surface area contributed by atoms with Crippen LogP contribution in [0.4, 0.5) is 5.69 Å². The molecular weight excluding hydrogens is 292 g/mol. The fourth-order valence-corrected chi connectivity index (χ4v) is 2.89. The van der Waals surface area contributed by atoms with Crippen LogP contribution < -0.4 is 5.32 Å². The van der Waals surface area contributed by atoms with E-state index in [0.717, 1.165) is 25.1 Å². The largest absolute Gasteiger partial charge is 0.465 e. The predicted molar refractivity (Wildman–Crippen MR) is 92.5 cm³/mol. The maximum Gasteiger partial charge on any atom is 0.339 e. The van der Waals surface area contributed by atoms with E-state index in [9.17, 15) is 9.59 Å². The number of aryl methyl sites for hydroxylation is 1. The fraction of sp³-hybridized carbons (Fsp3) is 0.556. The van der Waals surface area contributed by atoms with Gasteiger partial charge in [-0.2, -0.15) is 0 Å². The summed E-state index contributed by atoms with van der Waals surface area (Å²) in [5.74, 6) is -0.501. The second-order valence-corrected chi connectivity index (χ2v) is 6.01. The normalized spacial score (nSPS) is 12.6. The quantitative estimate of drug-likeness (QED) is 0.620. The van der Waals surface area contributed by atoms with Crippen LogP contribution in [0.3, 0.4) is 0 Å². The van der Waals surface area contributed by atoms with Gasteiger partial charge in [-0.15, -0.1) is 0 Å². The molecule has 0 saturated heterocycles. The Balaban J connectivity index is 3.16. The SMILES string of the molecule is CCC(C(=O)Nc1c(C)cccc1C(=O)OC)[N+](C)(CC)CC. The summed E-state index contributed by atoms with van der Waals surface area (Å²) in [7, 11) is 3.43. The van der Waals surface area contributed by atoms with Crippen molar-refractivity contribution in [1.82, 2.24) is 0 Å². The maximum atomic E-state index is 12.8. The highest BCUT2D eigenvalue weighted by Gasteiger charge is 2.35. The minimum absolute atomic E-state index is 0.0573. The van der Waals surface area contributed by atoms with Crippen molar-refractivity contribution in [3.8, 4) is 0 Å². The van der Waals surface area contributed by atoms with Gasteiger partial charge in [0.2, 0.25) is 0 Å². The van der Waals surface area contributed by atoms with Crippen LogP contribution in [-0.4, -0.2) is 49.6 Å². The van der Waals surface area contributed by atoms with E-state index in [-0.39, 0.29) is 11.9 Å². The number of methoxy groups -OCH3 is 1. The van der Waals surface area contributed by atoms with Crippen LogP contribution in [0.2, 0.25) is 0 Å². The zero-order chi connectivity index (χ0) is 17.6. The molecule has 0 fully saturated rings. The molecule has 0 aromatic heterocycles. The number of amides is 1. The van der Waals surface area contributed by atoms with Gasteiger partial charge in [-0.1, -0.05) is 19.1 Å². The number of ether oxygens (including phenoxy) is 1. The Morgan fingerprint density at radius 3 is 2.30 bits per heavy atom. The summed E-state index contributed by atoms with van der Waals surface area (Å²) in [6.45, 7) is 9.82. The van der Waals surface area contributed by atoms with E-state index >= 15 is 0 Å². The number of esters is 1. The van der Waals surface area contributed by atoms with Gasteiger partial charge >= 0.3 is 5.97 Å². The number of quaternary nitrogens is 1. The highest BCUT2D eigenvalue weighted by atomic mass is 16.5. The summed E-state index contributed by atoms with van der Waals surface area (Å²) in [6, 6.07) is 5.17. The summed E-state index contributed by atoms with van der Waals surface area (Å²) in [5.41, 5.74) is 1.78. The predicted octanol–water partition coefficient (Wildman–Crippen LogP) is 2.99. The number of nitrogens with zero attached hydrogens (tertiary/aromatic N) is 1. The van der Waals surface area contributed by atoms with Gasteiger partial charge in [0, 0.05) is 6.42 Å². The molecule has 1 unspecified atom stereocenters. The van der Waals surface area contributed by atoms with Gasteiger partial charge in [-0.3, -0.25) is 4.79 Å². The molecule has 1 atom stereocenters. The smallest absolute Gasteiger partial charge is 0.339 e. The van der Waals surface area contributed by atoms with Gasteiger partial charge in [0.05, 0.1) is 38.5 Å². The lowest BCUT2D eigenvalue weighted by Crippen LogP contribution is -2.56. The summed E-state index contributed by atoms with van der Waals surface area (Å²) >= 11 is 0. The standard InChI is InChI=1S/C18H28N2O3/c1-7-15(20(5,8-2)9-3)17(21)19-16-13(4)11-10-12-14(16)18(22)23-6/h10-12,15H,7-9H2,1-6H3/p+1. The second kappa shape index (κ2) is 8.11. The first-order chi connectivity index (χ1) is 10.8. The monoisotopic (exact) mass is 321 g/mol. The van der Waals surface area contributed by atoms with Crippen LogP contribution in [-0.2, 0) is 9.53 Å². The van der Waals surface area contributed by atoms with E-state index in [4.69, 9.17) is 4.74 Å². The van der Waals surface area contributed by atoms with Crippen LogP contribution in [0.1, 0.15) is 43.1 Å². The third-order valence-electron chi connectivity index (χ3n) is 4.81. The Hall–Kier alpha value is -1.88. The average Bonchev–Trinajstić information content (AvgIpc) is 2.56. The number of anilines is 1. The highest BCUT2D eigenvalue weighted by molar-refractivity contribution is 6.03. The zero-order valence-corrected chi connectivity index (χ0v) is 15.1. The molecule has 0 saturated carbocycles. The molecule has 5 nitrogen and oxygen atoms in total. The molecule has 0 bridgehead atoms. The molecule has 23 heavy (non-hydrogen) atoms. The Morgan fingerprint density at radius 1 is 1.22 bits per heavy atom. The Kier molecular flexibility index (Phi) is 6.76. The van der Waals surface area contributed by atoms with Crippen LogP contribution in [0.25, 0.3) is 0 Å². The third kappa shape index (κ3) is 4.10. The fourth-order valence-electron chi connectivity index (χ4n) is 2.89. The molecule has 1 aromatic carbocycles. The van der Waals surface area contributed by atoms with Crippen molar-refractivity contribution in [1.29, 1.82) is 0 Å². The van der Waals surface area contributed by atoms with Crippen molar-refractivity contribution in [2.75, 3.05) is 32.6 Å². The van der Waals surface area contributed by atoms with Gasteiger partial charge in [0.15, 0.2) is 6.04 Å². The lowest BCUT2D eigenvalue weighted by molar-refractivity contribution is -0.921. The van der Waals surface area contributed by atoms with Crippen LogP contribution in [0, 0.1) is 6.92 Å². The molecule has 0 aliphatic heterocycles. The molecule has 1 rings (SSSR count). The maximum absolute atomic E-state index is 12.8. The van der Waals surface area contributed by atoms with Gasteiger partial charge in [0.25, 0.3) is 5.91 Å². The Labute approximate surface area is 139 Å². The Morgan fingerprint density at radius 2 is 1.83 bits per heavy atom. The van der Waals surface area contributed by atoms with Crippen molar-refractivity contribution in [3.05, 3.63) is 29.3 Å². The molecule has 5 heteroatoms. The number of benzene rings is 1. The number of likely N-dealkylation sites (N-methyl/N-ethyl adjacent to an activating group) is 1. The summed E-state index contributed by atoms with van der Waals surface area (Å²) in [5, 5.41) is 2.96. The van der Waals surface area contributed by atoms with Crippen molar-refractivity contribution in [2.24, 2.45) is 0 Å². The molecule has 1 N–H and O–H groups in total. The van der Waals surface area contributed by atoms with Crippen molar-refractivity contribution < 1.29 is 18.8 Å². The van der Waals surface area contributed by atoms with Crippen molar-refractivity contribution in [2.45, 2.75) is 40.2 Å². The van der Waals surface area contributed by atoms with E-state index in [0.29, 0.717) is 15.7 Å². The molecule has 128 valence electrons. The van der Waals surface area contributed by atoms with Crippen molar-refractivity contribution in [3.63, 3.8) is 0 Å². The van der Waals surface area contributed by atoms with Gasteiger partial charge in [0.1, 0.15) is 0 Å². The van der Waals surface area contributed by atoms with Crippen molar-refractivity contribution >= 4 is 17.6 Å². The lowest BCUT2D eigenvalue weighted by Gasteiger charge is -2.38. The number of hydrogen-bond donors (Lipinski definition) is 1.